The van der Waals surface area contributed by atoms with Crippen LogP contribution in [0.1, 0.15) is 44.5 Å². The Morgan fingerprint density at radius 2 is 0.737 bits per heavy atom. The Morgan fingerprint density at radius 3 is 0.974 bits per heavy atom. The molecule has 4 aromatic carbocycles. The van der Waals surface area contributed by atoms with E-state index in [0.29, 0.717) is 0 Å². The van der Waals surface area contributed by atoms with Crippen molar-refractivity contribution in [3.8, 4) is 0 Å². The highest BCUT2D eigenvalue weighted by Gasteiger charge is 2.14. The lowest BCUT2D eigenvalue weighted by atomic mass is 9.57. The first-order valence-electron chi connectivity index (χ1n) is 13.6. The predicted molar refractivity (Wildman–Crippen MR) is 169 cm³/mol. The fraction of sp³-hybridized carbons (Fsp3) is 0.176. The molecule has 0 saturated carbocycles. The van der Waals surface area contributed by atoms with E-state index in [4.69, 9.17) is 11.5 Å². The summed E-state index contributed by atoms with van der Waals surface area (Å²) in [5.74, 6) is 0. The van der Waals surface area contributed by atoms with E-state index in [2.05, 4.69) is 125 Å². The van der Waals surface area contributed by atoms with Crippen molar-refractivity contribution < 1.29 is 0 Å². The quantitative estimate of drug-likeness (QED) is 0.201. The van der Waals surface area contributed by atoms with Gasteiger partial charge in [-0.2, -0.15) is 0 Å². The molecule has 0 aliphatic carbocycles. The Balaban J connectivity index is 1.58. The van der Waals surface area contributed by atoms with Crippen molar-refractivity contribution in [1.82, 2.24) is 0 Å². The van der Waals surface area contributed by atoms with Gasteiger partial charge in [0.15, 0.2) is 14.6 Å². The largest absolute Gasteiger partial charge is 0.409 e. The van der Waals surface area contributed by atoms with Crippen LogP contribution in [0.3, 0.4) is 0 Å². The minimum absolute atomic E-state index is 0.828. The summed E-state index contributed by atoms with van der Waals surface area (Å²) in [5, 5.41) is 0. The molecule has 190 valence electrons. The van der Waals surface area contributed by atoms with Gasteiger partial charge in [-0.15, -0.1) is 0 Å². The Morgan fingerprint density at radius 1 is 0.474 bits per heavy atom. The highest BCUT2D eigenvalue weighted by molar-refractivity contribution is 6.53. The zero-order valence-electron chi connectivity index (χ0n) is 23.2. The van der Waals surface area contributed by atoms with Crippen molar-refractivity contribution in [1.29, 1.82) is 0 Å². The van der Waals surface area contributed by atoms with E-state index < -0.39 is 0 Å². The number of nitrogens with two attached hydrogens (primary N) is 2. The van der Waals surface area contributed by atoms with Crippen molar-refractivity contribution in [3.63, 3.8) is 0 Å². The van der Waals surface area contributed by atoms with Gasteiger partial charge in [0, 0.05) is 0 Å². The van der Waals surface area contributed by atoms with Crippen molar-refractivity contribution in [3.05, 3.63) is 153 Å². The molecule has 0 aliphatic heterocycles. The van der Waals surface area contributed by atoms with Crippen LogP contribution in [0, 0.1) is 27.7 Å². The molecule has 2 nitrogen and oxygen atoms in total. The maximum atomic E-state index is 6.81. The summed E-state index contributed by atoms with van der Waals surface area (Å²) < 4.78 is 0. The Kier molecular flexibility index (Phi) is 8.97. The van der Waals surface area contributed by atoms with Crippen LogP contribution in [-0.4, -0.2) is 14.6 Å². The van der Waals surface area contributed by atoms with Crippen molar-refractivity contribution in [2.24, 2.45) is 11.5 Å². The number of benzene rings is 4. The van der Waals surface area contributed by atoms with Gasteiger partial charge in [0.05, 0.1) is 0 Å². The fourth-order valence-electron chi connectivity index (χ4n) is 5.16. The molecule has 0 saturated heterocycles. The van der Waals surface area contributed by atoms with Crippen LogP contribution in [0.5, 0.6) is 0 Å². The second kappa shape index (κ2) is 12.6. The molecule has 38 heavy (non-hydrogen) atoms. The zero-order chi connectivity index (χ0) is 27.1. The van der Waals surface area contributed by atoms with Crippen LogP contribution in [-0.2, 0) is 0 Å². The third-order valence-electron chi connectivity index (χ3n) is 7.01. The van der Waals surface area contributed by atoms with Crippen molar-refractivity contribution in [2.45, 2.75) is 40.3 Å². The lowest BCUT2D eigenvalue weighted by Crippen LogP contribution is -2.14. The third kappa shape index (κ3) is 6.89. The molecule has 4 heteroatoms. The molecule has 4 aromatic rings. The van der Waals surface area contributed by atoms with Crippen molar-refractivity contribution >= 4 is 25.7 Å². The SMILES string of the molecule is Cc1cccc(C(=C(N)BCCBC(N)=C(c2cccc(C)c2)c2cccc(C)c2)c2cccc(C)c2)c1. The summed E-state index contributed by atoms with van der Waals surface area (Å²) in [6.45, 7) is 8.51. The van der Waals surface area contributed by atoms with Crippen LogP contribution in [0.4, 0.5) is 0 Å². The van der Waals surface area contributed by atoms with Gasteiger partial charge in [0.25, 0.3) is 0 Å². The maximum absolute atomic E-state index is 6.81. The molecule has 4 rings (SSSR count). The second-order valence-corrected chi connectivity index (χ2v) is 10.5. The van der Waals surface area contributed by atoms with Crippen LogP contribution in [0.2, 0.25) is 12.6 Å². The summed E-state index contributed by atoms with van der Waals surface area (Å²) in [5.41, 5.74) is 27.4. The number of hydrogen-bond donors (Lipinski definition) is 2. The highest BCUT2D eigenvalue weighted by atomic mass is 14.6. The Hall–Kier alpha value is -3.91. The smallest absolute Gasteiger partial charge is 0.178 e. The summed E-state index contributed by atoms with van der Waals surface area (Å²) in [4.78, 5) is 0. The molecule has 0 unspecified atom stereocenters. The van der Waals surface area contributed by atoms with E-state index in [-0.39, 0.29) is 0 Å². The number of rotatable bonds is 9. The zero-order valence-corrected chi connectivity index (χ0v) is 23.2. The minimum Gasteiger partial charge on any atom is -0.409 e. The molecule has 0 bridgehead atoms. The van der Waals surface area contributed by atoms with Crippen LogP contribution < -0.4 is 11.5 Å². The molecule has 0 aliphatic rings. The summed E-state index contributed by atoms with van der Waals surface area (Å²) in [6, 6.07) is 34.5. The van der Waals surface area contributed by atoms with Gasteiger partial charge >= 0.3 is 0 Å². The topological polar surface area (TPSA) is 52.0 Å². The first-order valence-corrected chi connectivity index (χ1v) is 13.6. The summed E-state index contributed by atoms with van der Waals surface area (Å²) >= 11 is 0. The number of aryl methyl sites for hydroxylation is 4. The number of hydrogen-bond acceptors (Lipinski definition) is 2. The lowest BCUT2D eigenvalue weighted by Gasteiger charge is -2.16. The Bertz CT molecular complexity index is 1280. The van der Waals surface area contributed by atoms with Gasteiger partial charge < -0.3 is 11.5 Å². The minimum atomic E-state index is 0.828. The van der Waals surface area contributed by atoms with Gasteiger partial charge in [-0.1, -0.05) is 132 Å². The van der Waals surface area contributed by atoms with Gasteiger partial charge in [0.1, 0.15) is 0 Å². The predicted octanol–water partition coefficient (Wildman–Crippen LogP) is 6.68. The monoisotopic (exact) mass is 496 g/mol. The molecule has 0 heterocycles. The van der Waals surface area contributed by atoms with E-state index in [1.807, 2.05) is 0 Å². The molecule has 0 aromatic heterocycles. The lowest BCUT2D eigenvalue weighted by molar-refractivity contribution is 1.34. The highest BCUT2D eigenvalue weighted by Crippen LogP contribution is 2.28. The summed E-state index contributed by atoms with van der Waals surface area (Å²) in [7, 11) is 1.66. The molecular weight excluding hydrogens is 458 g/mol. The normalized spacial score (nSPS) is 10.5. The maximum Gasteiger partial charge on any atom is 0.178 e. The van der Waals surface area contributed by atoms with E-state index in [0.717, 1.165) is 49.5 Å². The molecule has 0 radical (unpaired) electrons. The average molecular weight is 496 g/mol. The summed E-state index contributed by atoms with van der Waals surface area (Å²) in [6.07, 6.45) is 1.95. The van der Waals surface area contributed by atoms with Gasteiger partial charge in [-0.3, -0.25) is 0 Å². The molecule has 0 fully saturated rings. The van der Waals surface area contributed by atoms with E-state index >= 15 is 0 Å². The van der Waals surface area contributed by atoms with Crippen LogP contribution in [0.25, 0.3) is 11.1 Å². The molecule has 0 atom stereocenters. The third-order valence-corrected chi connectivity index (χ3v) is 7.01. The van der Waals surface area contributed by atoms with Gasteiger partial charge in [0.2, 0.25) is 0 Å². The second-order valence-electron chi connectivity index (χ2n) is 10.5. The van der Waals surface area contributed by atoms with Crippen molar-refractivity contribution in [2.75, 3.05) is 0 Å². The first kappa shape index (κ1) is 27.1. The Labute approximate surface area is 230 Å². The average Bonchev–Trinajstić information content (AvgIpc) is 2.87. The first-order chi connectivity index (χ1) is 18.3. The standard InChI is InChI=1S/C34H38B2N2/c1-23-9-5-13-27(19-23)31(28-14-6-10-24(2)20-28)33(37)35-17-18-36-34(38)32(29-15-7-11-25(3)21-29)30-16-8-12-26(4)22-30/h5-16,19-22,35-36H,17-18,37-38H2,1-4H3. The molecule has 0 spiro atoms. The van der Waals surface area contributed by atoms with E-state index in [1.54, 1.807) is 0 Å². The molecule has 4 N–H and O–H groups in total. The van der Waals surface area contributed by atoms with E-state index in [9.17, 15) is 0 Å². The van der Waals surface area contributed by atoms with Crippen LogP contribution in [0.15, 0.2) is 108 Å². The molecular formula is C34H38B2N2. The van der Waals surface area contributed by atoms with Gasteiger partial charge in [-0.05, 0) is 72.3 Å². The fourth-order valence-corrected chi connectivity index (χ4v) is 5.16. The van der Waals surface area contributed by atoms with Gasteiger partial charge in [-0.25, -0.2) is 0 Å². The van der Waals surface area contributed by atoms with E-state index in [1.165, 1.54) is 44.5 Å². The molecule has 0 amide bonds. The van der Waals surface area contributed by atoms with Crippen LogP contribution >= 0.6 is 0 Å².